The van der Waals surface area contributed by atoms with Gasteiger partial charge in [-0.3, -0.25) is 4.79 Å². The van der Waals surface area contributed by atoms with Crippen molar-refractivity contribution in [1.29, 1.82) is 0 Å². The number of ether oxygens (including phenoxy) is 2. The van der Waals surface area contributed by atoms with Gasteiger partial charge in [0.1, 0.15) is 5.82 Å². The van der Waals surface area contributed by atoms with E-state index in [9.17, 15) is 4.79 Å². The van der Waals surface area contributed by atoms with Gasteiger partial charge in [-0.25, -0.2) is 4.98 Å². The second-order valence-corrected chi connectivity index (χ2v) is 6.25. The summed E-state index contributed by atoms with van der Waals surface area (Å²) in [5.41, 5.74) is 1.30. The monoisotopic (exact) mass is 436 g/mol. The summed E-state index contributed by atoms with van der Waals surface area (Å²) in [6.07, 6.45) is 0. The van der Waals surface area contributed by atoms with E-state index >= 15 is 0 Å². The lowest BCUT2D eigenvalue weighted by Crippen LogP contribution is -2.09. The van der Waals surface area contributed by atoms with Crippen LogP contribution in [0, 0.1) is 3.57 Å². The number of aromatic nitrogens is 2. The van der Waals surface area contributed by atoms with Crippen LogP contribution in [0.25, 0.3) is 22.3 Å². The first kappa shape index (κ1) is 16.8. The zero-order valence-electron chi connectivity index (χ0n) is 13.4. The van der Waals surface area contributed by atoms with E-state index in [0.717, 1.165) is 9.13 Å². The molecule has 24 heavy (non-hydrogen) atoms. The Hall–Kier alpha value is -2.09. The third-order valence-corrected chi connectivity index (χ3v) is 4.29. The van der Waals surface area contributed by atoms with E-state index in [2.05, 4.69) is 32.6 Å². The van der Waals surface area contributed by atoms with Gasteiger partial charge in [0.2, 0.25) is 0 Å². The van der Waals surface area contributed by atoms with Crippen LogP contribution in [0.5, 0.6) is 11.5 Å². The van der Waals surface area contributed by atoms with Gasteiger partial charge >= 0.3 is 0 Å². The molecular weight excluding hydrogens is 419 g/mol. The van der Waals surface area contributed by atoms with Gasteiger partial charge in [0.05, 0.1) is 27.7 Å². The summed E-state index contributed by atoms with van der Waals surface area (Å²) in [5, 5.41) is 0.576. The van der Waals surface area contributed by atoms with Crippen molar-refractivity contribution >= 4 is 33.5 Å². The summed E-state index contributed by atoms with van der Waals surface area (Å²) in [6.45, 7) is 4.94. The maximum Gasteiger partial charge on any atom is 0.259 e. The fourth-order valence-electron chi connectivity index (χ4n) is 2.48. The van der Waals surface area contributed by atoms with Gasteiger partial charge in [0.15, 0.2) is 11.5 Å². The summed E-state index contributed by atoms with van der Waals surface area (Å²) >= 11 is 2.20. The van der Waals surface area contributed by atoms with E-state index in [1.165, 1.54) is 0 Å². The van der Waals surface area contributed by atoms with Crippen LogP contribution in [0.3, 0.4) is 0 Å². The van der Waals surface area contributed by atoms with Crippen LogP contribution in [-0.4, -0.2) is 23.2 Å². The highest BCUT2D eigenvalue weighted by atomic mass is 127. The Labute approximate surface area is 153 Å². The standard InChI is InChI=1S/C18H17IN2O3/c1-3-23-15-10-11(9-13(19)16(15)24-4-2)17-20-14-8-6-5-7-12(14)18(22)21-17/h5-10H,3-4H2,1-2H3,(H,20,21,22). The molecule has 0 saturated heterocycles. The minimum absolute atomic E-state index is 0.155. The van der Waals surface area contributed by atoms with E-state index in [0.29, 0.717) is 41.4 Å². The summed E-state index contributed by atoms with van der Waals surface area (Å²) < 4.78 is 12.3. The number of halogens is 1. The quantitative estimate of drug-likeness (QED) is 0.615. The van der Waals surface area contributed by atoms with Gasteiger partial charge in [-0.15, -0.1) is 0 Å². The van der Waals surface area contributed by atoms with Crippen LogP contribution in [0.2, 0.25) is 0 Å². The first-order valence-corrected chi connectivity index (χ1v) is 8.80. The molecule has 0 saturated carbocycles. The predicted molar refractivity (Wildman–Crippen MR) is 103 cm³/mol. The Morgan fingerprint density at radius 2 is 1.88 bits per heavy atom. The molecule has 0 fully saturated rings. The van der Waals surface area contributed by atoms with Crippen LogP contribution < -0.4 is 15.0 Å². The Bertz CT molecular complexity index is 937. The number of aromatic amines is 1. The Morgan fingerprint density at radius 3 is 2.62 bits per heavy atom. The summed E-state index contributed by atoms with van der Waals surface area (Å²) in [4.78, 5) is 19.7. The fourth-order valence-corrected chi connectivity index (χ4v) is 3.23. The number of rotatable bonds is 5. The van der Waals surface area contributed by atoms with Crippen molar-refractivity contribution in [2.24, 2.45) is 0 Å². The van der Waals surface area contributed by atoms with Crippen LogP contribution in [0.1, 0.15) is 13.8 Å². The van der Waals surface area contributed by atoms with Crippen LogP contribution in [0.15, 0.2) is 41.2 Å². The topological polar surface area (TPSA) is 64.2 Å². The van der Waals surface area contributed by atoms with Crippen LogP contribution in [-0.2, 0) is 0 Å². The minimum Gasteiger partial charge on any atom is -0.490 e. The number of fused-ring (bicyclic) bond motifs is 1. The maximum atomic E-state index is 12.3. The van der Waals surface area contributed by atoms with Gasteiger partial charge in [0.25, 0.3) is 5.56 Å². The molecule has 2 aromatic carbocycles. The summed E-state index contributed by atoms with van der Waals surface area (Å²) in [6, 6.07) is 11.1. The second-order valence-electron chi connectivity index (χ2n) is 5.08. The third kappa shape index (κ3) is 3.24. The molecule has 5 nitrogen and oxygen atoms in total. The van der Waals surface area contributed by atoms with Gasteiger partial charge in [-0.2, -0.15) is 0 Å². The lowest BCUT2D eigenvalue weighted by Gasteiger charge is -2.14. The maximum absolute atomic E-state index is 12.3. The largest absolute Gasteiger partial charge is 0.490 e. The number of hydrogen-bond donors (Lipinski definition) is 1. The Kier molecular flexibility index (Phi) is 5.03. The predicted octanol–water partition coefficient (Wildman–Crippen LogP) is 3.99. The van der Waals surface area contributed by atoms with Crippen molar-refractivity contribution in [1.82, 2.24) is 9.97 Å². The second kappa shape index (κ2) is 7.21. The average Bonchev–Trinajstić information content (AvgIpc) is 2.58. The third-order valence-electron chi connectivity index (χ3n) is 3.48. The van der Waals surface area contributed by atoms with Crippen molar-refractivity contribution in [2.45, 2.75) is 13.8 Å². The lowest BCUT2D eigenvalue weighted by molar-refractivity contribution is 0.286. The van der Waals surface area contributed by atoms with Crippen molar-refractivity contribution in [2.75, 3.05) is 13.2 Å². The fraction of sp³-hybridized carbons (Fsp3) is 0.222. The van der Waals surface area contributed by atoms with Crippen molar-refractivity contribution < 1.29 is 9.47 Å². The SMILES string of the molecule is CCOc1cc(-c2nc3ccccc3c(=O)[nH]2)cc(I)c1OCC. The highest BCUT2D eigenvalue weighted by Gasteiger charge is 2.14. The van der Waals surface area contributed by atoms with Crippen LogP contribution >= 0.6 is 22.6 Å². The number of nitrogens with zero attached hydrogens (tertiary/aromatic N) is 1. The molecule has 0 aliphatic heterocycles. The zero-order valence-corrected chi connectivity index (χ0v) is 15.6. The Morgan fingerprint density at radius 1 is 1.12 bits per heavy atom. The number of para-hydroxylation sites is 1. The number of nitrogens with one attached hydrogen (secondary N) is 1. The lowest BCUT2D eigenvalue weighted by atomic mass is 10.1. The number of benzene rings is 2. The molecular formula is C18H17IN2O3. The van der Waals surface area contributed by atoms with Crippen molar-refractivity contribution in [3.63, 3.8) is 0 Å². The molecule has 1 N–H and O–H groups in total. The molecule has 0 atom stereocenters. The minimum atomic E-state index is -0.155. The van der Waals surface area contributed by atoms with Crippen LogP contribution in [0.4, 0.5) is 0 Å². The molecule has 1 aromatic heterocycles. The highest BCUT2D eigenvalue weighted by Crippen LogP contribution is 2.36. The van der Waals surface area contributed by atoms with E-state index in [1.54, 1.807) is 6.07 Å². The van der Waals surface area contributed by atoms with Gasteiger partial charge in [-0.05, 0) is 60.7 Å². The average molecular weight is 436 g/mol. The molecule has 0 amide bonds. The molecule has 3 rings (SSSR count). The molecule has 0 radical (unpaired) electrons. The summed E-state index contributed by atoms with van der Waals surface area (Å²) in [7, 11) is 0. The molecule has 0 aliphatic rings. The molecule has 1 heterocycles. The smallest absolute Gasteiger partial charge is 0.259 e. The molecule has 0 bridgehead atoms. The first-order chi connectivity index (χ1) is 11.6. The van der Waals surface area contributed by atoms with E-state index in [1.807, 2.05) is 44.2 Å². The van der Waals surface area contributed by atoms with Crippen molar-refractivity contribution in [3.8, 4) is 22.9 Å². The van der Waals surface area contributed by atoms with Gasteiger partial charge in [0, 0.05) is 5.56 Å². The molecule has 0 aliphatic carbocycles. The molecule has 0 spiro atoms. The van der Waals surface area contributed by atoms with E-state index < -0.39 is 0 Å². The highest BCUT2D eigenvalue weighted by molar-refractivity contribution is 14.1. The summed E-state index contributed by atoms with van der Waals surface area (Å²) in [5.74, 6) is 1.88. The normalized spacial score (nSPS) is 10.8. The molecule has 3 aromatic rings. The number of hydrogen-bond acceptors (Lipinski definition) is 4. The molecule has 0 unspecified atom stereocenters. The van der Waals surface area contributed by atoms with Gasteiger partial charge < -0.3 is 14.5 Å². The van der Waals surface area contributed by atoms with Crippen molar-refractivity contribution in [3.05, 3.63) is 50.3 Å². The zero-order chi connectivity index (χ0) is 17.1. The molecule has 6 heteroatoms. The number of H-pyrrole nitrogens is 1. The molecule has 124 valence electrons. The van der Waals surface area contributed by atoms with E-state index in [4.69, 9.17) is 9.47 Å². The van der Waals surface area contributed by atoms with E-state index in [-0.39, 0.29) is 5.56 Å². The first-order valence-electron chi connectivity index (χ1n) is 7.72. The van der Waals surface area contributed by atoms with Gasteiger partial charge in [-0.1, -0.05) is 12.1 Å². The Balaban J connectivity index is 2.17.